The Bertz CT molecular complexity index is 1510. The second-order valence-corrected chi connectivity index (χ2v) is 8.94. The number of aryl methyl sites for hydroxylation is 1. The van der Waals surface area contributed by atoms with E-state index in [4.69, 9.17) is 14.2 Å². The number of benzene rings is 3. The number of nitrogens with zero attached hydrogens (tertiary/aromatic N) is 3. The molecule has 0 fully saturated rings. The summed E-state index contributed by atoms with van der Waals surface area (Å²) >= 11 is 0. The number of nitrogens with one attached hydrogen (secondary N) is 2. The third-order valence-corrected chi connectivity index (χ3v) is 6.37. The summed E-state index contributed by atoms with van der Waals surface area (Å²) in [6.07, 6.45) is 1.46. The van der Waals surface area contributed by atoms with Crippen molar-refractivity contribution in [3.8, 4) is 17.2 Å². The average Bonchev–Trinajstić information content (AvgIpc) is 3.39. The topological polar surface area (TPSA) is 99.5 Å². The molecule has 4 aromatic rings. The van der Waals surface area contributed by atoms with Crippen molar-refractivity contribution in [2.75, 3.05) is 24.9 Å². The van der Waals surface area contributed by atoms with E-state index in [0.29, 0.717) is 46.8 Å². The Morgan fingerprint density at radius 2 is 1.79 bits per heavy atom. The number of carbonyl (C=O) groups excluding carboxylic acids is 1. The smallest absolute Gasteiger partial charge is 0.255 e. The van der Waals surface area contributed by atoms with E-state index in [1.165, 1.54) is 11.9 Å². The van der Waals surface area contributed by atoms with Crippen LogP contribution in [0.5, 0.6) is 17.2 Å². The number of para-hydroxylation sites is 2. The Labute approximate surface area is 221 Å². The van der Waals surface area contributed by atoms with Crippen molar-refractivity contribution < 1.29 is 19.0 Å². The number of rotatable bonds is 8. The zero-order valence-corrected chi connectivity index (χ0v) is 21.7. The third-order valence-electron chi connectivity index (χ3n) is 6.37. The number of aromatic nitrogens is 3. The lowest BCUT2D eigenvalue weighted by atomic mass is 9.94. The monoisotopic (exact) mass is 511 g/mol. The lowest BCUT2D eigenvalue weighted by Crippen LogP contribution is -2.31. The van der Waals surface area contributed by atoms with Gasteiger partial charge in [-0.15, -0.1) is 0 Å². The van der Waals surface area contributed by atoms with E-state index in [9.17, 15) is 4.79 Å². The van der Waals surface area contributed by atoms with Gasteiger partial charge in [-0.2, -0.15) is 10.1 Å². The molecule has 9 nitrogen and oxygen atoms in total. The summed E-state index contributed by atoms with van der Waals surface area (Å²) in [5, 5.41) is 10.6. The van der Waals surface area contributed by atoms with Crippen LogP contribution in [0.4, 0.5) is 11.6 Å². The van der Waals surface area contributed by atoms with E-state index < -0.39 is 6.04 Å². The number of hydrogen-bond acceptors (Lipinski definition) is 7. The molecule has 0 saturated heterocycles. The number of ether oxygens (including phenoxy) is 3. The van der Waals surface area contributed by atoms with Gasteiger partial charge in [0.1, 0.15) is 24.7 Å². The van der Waals surface area contributed by atoms with Gasteiger partial charge in [0.15, 0.2) is 11.5 Å². The van der Waals surface area contributed by atoms with Gasteiger partial charge < -0.3 is 24.8 Å². The van der Waals surface area contributed by atoms with Crippen molar-refractivity contribution in [3.63, 3.8) is 0 Å². The van der Waals surface area contributed by atoms with Gasteiger partial charge in [0.05, 0.1) is 25.5 Å². The van der Waals surface area contributed by atoms with Gasteiger partial charge in [-0.25, -0.2) is 4.68 Å². The first kappa shape index (κ1) is 24.9. The zero-order valence-electron chi connectivity index (χ0n) is 21.7. The van der Waals surface area contributed by atoms with Crippen LogP contribution in [0.3, 0.4) is 0 Å². The summed E-state index contributed by atoms with van der Waals surface area (Å²) in [5.41, 5.74) is 4.76. The summed E-state index contributed by atoms with van der Waals surface area (Å²) in [5.74, 6) is 1.98. The Morgan fingerprint density at radius 1 is 0.974 bits per heavy atom. The van der Waals surface area contributed by atoms with Crippen molar-refractivity contribution >= 4 is 17.5 Å². The van der Waals surface area contributed by atoms with Gasteiger partial charge in [0, 0.05) is 5.70 Å². The molecule has 3 aromatic carbocycles. The molecule has 2 heterocycles. The van der Waals surface area contributed by atoms with Crippen molar-refractivity contribution in [1.29, 1.82) is 0 Å². The maximum Gasteiger partial charge on any atom is 0.255 e. The molecule has 1 aliphatic rings. The molecule has 38 heavy (non-hydrogen) atoms. The van der Waals surface area contributed by atoms with Gasteiger partial charge >= 0.3 is 0 Å². The molecule has 194 valence electrons. The van der Waals surface area contributed by atoms with E-state index in [1.54, 1.807) is 31.0 Å². The van der Waals surface area contributed by atoms with Gasteiger partial charge in [0.2, 0.25) is 5.95 Å². The molecule has 1 aliphatic heterocycles. The summed E-state index contributed by atoms with van der Waals surface area (Å²) in [6.45, 7) is 4.30. The second-order valence-electron chi connectivity index (χ2n) is 8.94. The van der Waals surface area contributed by atoms with E-state index >= 15 is 0 Å². The lowest BCUT2D eigenvalue weighted by Gasteiger charge is -2.29. The van der Waals surface area contributed by atoms with E-state index in [2.05, 4.69) is 26.8 Å². The van der Waals surface area contributed by atoms with E-state index in [0.717, 1.165) is 11.1 Å². The molecule has 0 aliphatic carbocycles. The first-order valence-corrected chi connectivity index (χ1v) is 12.2. The summed E-state index contributed by atoms with van der Waals surface area (Å²) in [7, 11) is 3.16. The van der Waals surface area contributed by atoms with Crippen LogP contribution in [-0.2, 0) is 11.4 Å². The Kier molecular flexibility index (Phi) is 6.99. The van der Waals surface area contributed by atoms with Crippen LogP contribution in [-0.4, -0.2) is 34.9 Å². The fourth-order valence-electron chi connectivity index (χ4n) is 4.57. The molecule has 0 bridgehead atoms. The molecule has 5 rings (SSSR count). The summed E-state index contributed by atoms with van der Waals surface area (Å²) in [4.78, 5) is 18.0. The molecule has 0 radical (unpaired) electrons. The highest BCUT2D eigenvalue weighted by atomic mass is 16.5. The van der Waals surface area contributed by atoms with Gasteiger partial charge in [-0.05, 0) is 49.2 Å². The Morgan fingerprint density at radius 3 is 2.58 bits per heavy atom. The van der Waals surface area contributed by atoms with Crippen molar-refractivity contribution in [1.82, 2.24) is 14.8 Å². The lowest BCUT2D eigenvalue weighted by molar-refractivity contribution is -0.113. The summed E-state index contributed by atoms with van der Waals surface area (Å²) < 4.78 is 18.9. The Balaban J connectivity index is 1.48. The van der Waals surface area contributed by atoms with Crippen LogP contribution in [0.15, 0.2) is 84.3 Å². The molecule has 2 N–H and O–H groups in total. The number of fused-ring (bicyclic) bond motifs is 1. The van der Waals surface area contributed by atoms with Crippen LogP contribution < -0.4 is 24.8 Å². The normalized spacial score (nSPS) is 14.4. The minimum atomic E-state index is -0.553. The van der Waals surface area contributed by atoms with E-state index in [-0.39, 0.29) is 5.91 Å². The largest absolute Gasteiger partial charge is 0.495 e. The first-order chi connectivity index (χ1) is 18.5. The standard InChI is InChI=1S/C29H29N5O4/c1-18-8-7-9-20(14-18)16-38-24-13-12-21(15-25(24)37-4)27-26(19(2)32-29-30-17-31-34(27)29)28(35)33-22-10-5-6-11-23(22)36-3/h5-15,17,27H,16H2,1-4H3,(H,33,35)(H,30,31,32)/t27-/m0/s1. The predicted molar refractivity (Wildman–Crippen MR) is 145 cm³/mol. The number of amides is 1. The number of allylic oxidation sites excluding steroid dienone is 1. The number of hydrogen-bond donors (Lipinski definition) is 2. The van der Waals surface area contributed by atoms with Gasteiger partial charge in [0.25, 0.3) is 5.91 Å². The minimum absolute atomic E-state index is 0.288. The maximum atomic E-state index is 13.7. The van der Waals surface area contributed by atoms with Crippen LogP contribution in [0.2, 0.25) is 0 Å². The fraction of sp³-hybridized carbons (Fsp3) is 0.207. The first-order valence-electron chi connectivity index (χ1n) is 12.2. The van der Waals surface area contributed by atoms with Crippen LogP contribution in [0, 0.1) is 6.92 Å². The summed E-state index contributed by atoms with van der Waals surface area (Å²) in [6, 6.07) is 20.5. The van der Waals surface area contributed by atoms with Crippen molar-refractivity contribution in [3.05, 3.63) is 101 Å². The maximum absolute atomic E-state index is 13.7. The highest BCUT2D eigenvalue weighted by molar-refractivity contribution is 6.06. The van der Waals surface area contributed by atoms with Crippen LogP contribution in [0.25, 0.3) is 0 Å². The minimum Gasteiger partial charge on any atom is -0.495 e. The van der Waals surface area contributed by atoms with Gasteiger partial charge in [-0.3, -0.25) is 4.79 Å². The third kappa shape index (κ3) is 4.90. The Hall–Kier alpha value is -4.79. The van der Waals surface area contributed by atoms with Gasteiger partial charge in [-0.1, -0.05) is 48.0 Å². The van der Waals surface area contributed by atoms with Crippen molar-refractivity contribution in [2.45, 2.75) is 26.5 Å². The molecule has 0 saturated carbocycles. The SMILES string of the molecule is COc1ccccc1NC(=O)C1=C(C)Nc2ncnn2[C@H]1c1ccc(OCc2cccc(C)c2)c(OC)c1. The highest BCUT2D eigenvalue weighted by Gasteiger charge is 2.34. The second kappa shape index (κ2) is 10.7. The van der Waals surface area contributed by atoms with Crippen LogP contribution in [0.1, 0.15) is 29.7 Å². The van der Waals surface area contributed by atoms with Crippen LogP contribution >= 0.6 is 0 Å². The predicted octanol–water partition coefficient (Wildman–Crippen LogP) is 5.11. The molecular weight excluding hydrogens is 482 g/mol. The molecule has 1 aromatic heterocycles. The molecule has 9 heteroatoms. The number of carbonyl (C=O) groups is 1. The average molecular weight is 512 g/mol. The number of methoxy groups -OCH3 is 2. The molecule has 1 amide bonds. The molecule has 0 spiro atoms. The molecule has 0 unspecified atom stereocenters. The quantitative estimate of drug-likeness (QED) is 0.339. The zero-order chi connectivity index (χ0) is 26.6. The number of anilines is 2. The highest BCUT2D eigenvalue weighted by Crippen LogP contribution is 2.39. The molecular formula is C29H29N5O4. The fourth-order valence-corrected chi connectivity index (χ4v) is 4.57. The molecule has 1 atom stereocenters. The van der Waals surface area contributed by atoms with Crippen molar-refractivity contribution in [2.24, 2.45) is 0 Å². The van der Waals surface area contributed by atoms with E-state index in [1.807, 2.05) is 62.4 Å².